The molecule has 1 aliphatic heterocycles. The Morgan fingerprint density at radius 1 is 1.18 bits per heavy atom. The highest BCUT2D eigenvalue weighted by atomic mass is 16.2. The molecular formula is C19H23NO2. The Morgan fingerprint density at radius 2 is 1.91 bits per heavy atom. The molecule has 1 aromatic carbocycles. The van der Waals surface area contributed by atoms with Crippen LogP contribution >= 0.6 is 0 Å². The van der Waals surface area contributed by atoms with Crippen molar-refractivity contribution < 1.29 is 9.59 Å². The van der Waals surface area contributed by atoms with Crippen molar-refractivity contribution >= 4 is 17.4 Å². The van der Waals surface area contributed by atoms with E-state index in [0.717, 1.165) is 17.8 Å². The van der Waals surface area contributed by atoms with Gasteiger partial charge < -0.3 is 4.90 Å². The summed E-state index contributed by atoms with van der Waals surface area (Å²) in [5, 5.41) is 0. The smallest absolute Gasteiger partial charge is 0.237 e. The third-order valence-electron chi connectivity index (χ3n) is 5.78. The van der Waals surface area contributed by atoms with E-state index in [1.54, 1.807) is 0 Å². The minimum atomic E-state index is -0.469. The molecule has 1 heterocycles. The highest BCUT2D eigenvalue weighted by molar-refractivity contribution is 6.09. The maximum atomic E-state index is 13.3. The topological polar surface area (TPSA) is 37.4 Å². The summed E-state index contributed by atoms with van der Waals surface area (Å²) in [5.41, 5.74) is 1.37. The molecule has 1 aromatic rings. The molecule has 0 saturated heterocycles. The third-order valence-corrected chi connectivity index (χ3v) is 5.78. The average molecular weight is 297 g/mol. The molecule has 2 saturated carbocycles. The van der Waals surface area contributed by atoms with E-state index in [4.69, 9.17) is 0 Å². The van der Waals surface area contributed by atoms with E-state index < -0.39 is 10.8 Å². The van der Waals surface area contributed by atoms with Crippen molar-refractivity contribution in [2.24, 2.45) is 11.3 Å². The highest BCUT2D eigenvalue weighted by Gasteiger charge is 2.56. The molecule has 1 spiro atoms. The molecule has 4 rings (SSSR count). The maximum absolute atomic E-state index is 13.3. The fourth-order valence-corrected chi connectivity index (χ4v) is 4.36. The third kappa shape index (κ3) is 1.87. The first-order valence-electron chi connectivity index (χ1n) is 8.39. The van der Waals surface area contributed by atoms with E-state index in [0.29, 0.717) is 31.0 Å². The molecule has 2 fully saturated rings. The maximum Gasteiger partial charge on any atom is 0.237 e. The van der Waals surface area contributed by atoms with Crippen LogP contribution in [0.3, 0.4) is 0 Å². The first kappa shape index (κ1) is 14.0. The van der Waals surface area contributed by atoms with Gasteiger partial charge in [-0.1, -0.05) is 32.0 Å². The molecule has 116 valence electrons. The monoisotopic (exact) mass is 297 g/mol. The average Bonchev–Trinajstić information content (AvgIpc) is 3.28. The van der Waals surface area contributed by atoms with Gasteiger partial charge in [-0.2, -0.15) is 0 Å². The van der Waals surface area contributed by atoms with Crippen LogP contribution in [0.5, 0.6) is 0 Å². The van der Waals surface area contributed by atoms with E-state index >= 15 is 0 Å². The molecule has 3 nitrogen and oxygen atoms in total. The van der Waals surface area contributed by atoms with Crippen LogP contribution in [0.25, 0.3) is 0 Å². The van der Waals surface area contributed by atoms with Crippen LogP contribution in [0.1, 0.15) is 51.5 Å². The Kier molecular flexibility index (Phi) is 2.82. The van der Waals surface area contributed by atoms with Gasteiger partial charge in [0.2, 0.25) is 5.91 Å². The SMILES string of the molecule is CC1(C)CC2(CCC1=O)C(=O)N(CC1CC1)c1ccccc12. The van der Waals surface area contributed by atoms with Gasteiger partial charge in [0.15, 0.2) is 0 Å². The van der Waals surface area contributed by atoms with Gasteiger partial charge in [-0.25, -0.2) is 0 Å². The number of amides is 1. The number of hydrogen-bond acceptors (Lipinski definition) is 2. The van der Waals surface area contributed by atoms with E-state index in [9.17, 15) is 9.59 Å². The van der Waals surface area contributed by atoms with Crippen molar-refractivity contribution in [3.63, 3.8) is 0 Å². The number of fused-ring (bicyclic) bond motifs is 2. The number of rotatable bonds is 2. The zero-order valence-electron chi connectivity index (χ0n) is 13.4. The summed E-state index contributed by atoms with van der Waals surface area (Å²) >= 11 is 0. The highest BCUT2D eigenvalue weighted by Crippen LogP contribution is 2.54. The number of hydrogen-bond donors (Lipinski definition) is 0. The lowest BCUT2D eigenvalue weighted by molar-refractivity contribution is -0.135. The van der Waals surface area contributed by atoms with Crippen molar-refractivity contribution in [1.82, 2.24) is 0 Å². The summed E-state index contributed by atoms with van der Waals surface area (Å²) in [7, 11) is 0. The van der Waals surface area contributed by atoms with E-state index in [2.05, 4.69) is 12.1 Å². The standard InChI is InChI=1S/C19H23NO2/c1-18(2)12-19(10-9-16(18)21)14-5-3-4-6-15(14)20(17(19)22)11-13-7-8-13/h3-6,13H,7-12H2,1-2H3. The molecular weight excluding hydrogens is 274 g/mol. The largest absolute Gasteiger partial charge is 0.311 e. The van der Waals surface area contributed by atoms with Crippen LogP contribution in [0, 0.1) is 11.3 Å². The predicted molar refractivity (Wildman–Crippen MR) is 85.8 cm³/mol. The molecule has 0 N–H and O–H groups in total. The summed E-state index contributed by atoms with van der Waals surface area (Å²) in [6.45, 7) is 4.84. The summed E-state index contributed by atoms with van der Waals surface area (Å²) < 4.78 is 0. The zero-order chi connectivity index (χ0) is 15.5. The van der Waals surface area contributed by atoms with Gasteiger partial charge in [0.1, 0.15) is 5.78 Å². The molecule has 22 heavy (non-hydrogen) atoms. The Morgan fingerprint density at radius 3 is 2.59 bits per heavy atom. The number of anilines is 1. The number of Topliss-reactive ketones (excluding diaryl/α,β-unsaturated/α-hetero) is 1. The van der Waals surface area contributed by atoms with E-state index in [-0.39, 0.29) is 5.91 Å². The quantitative estimate of drug-likeness (QED) is 0.838. The molecule has 1 atom stereocenters. The van der Waals surface area contributed by atoms with Gasteiger partial charge in [-0.3, -0.25) is 9.59 Å². The second-order valence-corrected chi connectivity index (χ2v) is 7.94. The Hall–Kier alpha value is -1.64. The summed E-state index contributed by atoms with van der Waals surface area (Å²) in [5.74, 6) is 1.20. The van der Waals surface area contributed by atoms with Crippen LogP contribution in [-0.2, 0) is 15.0 Å². The second kappa shape index (κ2) is 4.43. The van der Waals surface area contributed by atoms with Crippen molar-refractivity contribution in [3.05, 3.63) is 29.8 Å². The second-order valence-electron chi connectivity index (χ2n) is 7.94. The number of para-hydroxylation sites is 1. The minimum absolute atomic E-state index is 0.237. The molecule has 3 aliphatic rings. The van der Waals surface area contributed by atoms with Gasteiger partial charge in [0.25, 0.3) is 0 Å². The van der Waals surface area contributed by atoms with Gasteiger partial charge in [-0.15, -0.1) is 0 Å². The first-order chi connectivity index (χ1) is 10.4. The molecule has 0 aromatic heterocycles. The number of benzene rings is 1. The lowest BCUT2D eigenvalue weighted by Gasteiger charge is -2.40. The van der Waals surface area contributed by atoms with Gasteiger partial charge in [-0.05, 0) is 43.2 Å². The molecule has 1 amide bonds. The van der Waals surface area contributed by atoms with Crippen LogP contribution in [0.2, 0.25) is 0 Å². The lowest BCUT2D eigenvalue weighted by Crippen LogP contribution is -2.49. The van der Waals surface area contributed by atoms with Crippen LogP contribution < -0.4 is 4.90 Å². The molecule has 0 radical (unpaired) electrons. The van der Waals surface area contributed by atoms with Crippen molar-refractivity contribution in [2.75, 3.05) is 11.4 Å². The van der Waals surface area contributed by atoms with Crippen LogP contribution in [0.15, 0.2) is 24.3 Å². The summed E-state index contributed by atoms with van der Waals surface area (Å²) in [6.07, 6.45) is 4.32. The van der Waals surface area contributed by atoms with Gasteiger partial charge in [0, 0.05) is 24.1 Å². The fraction of sp³-hybridized carbons (Fsp3) is 0.579. The number of carbonyl (C=O) groups excluding carboxylic acids is 2. The van der Waals surface area contributed by atoms with E-state index in [1.807, 2.05) is 30.9 Å². The normalized spacial score (nSPS) is 30.0. The van der Waals surface area contributed by atoms with Crippen molar-refractivity contribution in [3.8, 4) is 0 Å². The predicted octanol–water partition coefficient (Wildman–Crippen LogP) is 3.46. The van der Waals surface area contributed by atoms with Gasteiger partial charge >= 0.3 is 0 Å². The number of carbonyl (C=O) groups is 2. The Labute approximate surface area is 131 Å². The van der Waals surface area contributed by atoms with Crippen molar-refractivity contribution in [2.45, 2.75) is 51.4 Å². The molecule has 3 heteroatoms. The Bertz CT molecular complexity index is 659. The van der Waals surface area contributed by atoms with Crippen LogP contribution in [-0.4, -0.2) is 18.2 Å². The van der Waals surface area contributed by atoms with Gasteiger partial charge in [0.05, 0.1) is 5.41 Å². The fourth-order valence-electron chi connectivity index (χ4n) is 4.36. The van der Waals surface area contributed by atoms with Crippen molar-refractivity contribution in [1.29, 1.82) is 0 Å². The molecule has 2 aliphatic carbocycles. The first-order valence-corrected chi connectivity index (χ1v) is 8.39. The Balaban J connectivity index is 1.79. The molecule has 0 bridgehead atoms. The summed E-state index contributed by atoms with van der Waals surface area (Å²) in [6, 6.07) is 8.22. The number of ketones is 1. The minimum Gasteiger partial charge on any atom is -0.311 e. The zero-order valence-corrected chi connectivity index (χ0v) is 13.4. The van der Waals surface area contributed by atoms with E-state index in [1.165, 1.54) is 12.8 Å². The van der Waals surface area contributed by atoms with Crippen LogP contribution in [0.4, 0.5) is 5.69 Å². The molecule has 1 unspecified atom stereocenters. The lowest BCUT2D eigenvalue weighted by atomic mass is 9.60. The number of nitrogens with zero attached hydrogens (tertiary/aromatic N) is 1. The summed E-state index contributed by atoms with van der Waals surface area (Å²) in [4.78, 5) is 27.5.